The van der Waals surface area contributed by atoms with E-state index in [9.17, 15) is 0 Å². The van der Waals surface area contributed by atoms with Crippen LogP contribution in [-0.2, 0) is 0 Å². The molecule has 3 nitrogen and oxygen atoms in total. The number of aromatic nitrogens is 1. The Bertz CT molecular complexity index is 906. The largest absolute Gasteiger partial charge is 0.490 e. The summed E-state index contributed by atoms with van der Waals surface area (Å²) >= 11 is 0. The number of ether oxygens (including phenoxy) is 1. The minimum absolute atomic E-state index is 0.143. The third-order valence-corrected chi connectivity index (χ3v) is 5.01. The molecule has 1 fully saturated rings. The van der Waals surface area contributed by atoms with Crippen LogP contribution in [0.2, 0.25) is 0 Å². The van der Waals surface area contributed by atoms with E-state index < -0.39 is 0 Å². The highest BCUT2D eigenvalue weighted by molar-refractivity contribution is 5.83. The molecule has 1 aliphatic rings. The fourth-order valence-corrected chi connectivity index (χ4v) is 3.70. The molecule has 1 aromatic heterocycles. The van der Waals surface area contributed by atoms with E-state index in [-0.39, 0.29) is 6.10 Å². The topological polar surface area (TPSA) is 34.1 Å². The molecule has 2 aromatic carbocycles. The molecule has 0 spiro atoms. The molecular formula is C23H25N2O. The lowest BCUT2D eigenvalue weighted by Crippen LogP contribution is -2.33. The van der Waals surface area contributed by atoms with Gasteiger partial charge in [0, 0.05) is 24.3 Å². The third kappa shape index (κ3) is 3.82. The fraction of sp³-hybridized carbons (Fsp3) is 0.304. The van der Waals surface area contributed by atoms with Crippen LogP contribution in [0.1, 0.15) is 30.4 Å². The molecule has 26 heavy (non-hydrogen) atoms. The number of nitrogens with zero attached hydrogens (tertiary/aromatic N) is 1. The molecule has 1 heterocycles. The molecule has 0 saturated heterocycles. The monoisotopic (exact) mass is 345 g/mol. The van der Waals surface area contributed by atoms with Gasteiger partial charge in [-0.25, -0.2) is 4.98 Å². The number of para-hydroxylation sites is 1. The van der Waals surface area contributed by atoms with Crippen molar-refractivity contribution in [3.05, 3.63) is 72.1 Å². The number of rotatable bonds is 4. The van der Waals surface area contributed by atoms with Gasteiger partial charge in [0.25, 0.3) is 0 Å². The van der Waals surface area contributed by atoms with E-state index in [0.717, 1.165) is 36.3 Å². The number of nitrogens with one attached hydrogen (secondary N) is 1. The predicted molar refractivity (Wildman–Crippen MR) is 108 cm³/mol. The van der Waals surface area contributed by atoms with Gasteiger partial charge in [-0.2, -0.15) is 0 Å². The van der Waals surface area contributed by atoms with Gasteiger partial charge in [-0.1, -0.05) is 30.3 Å². The molecule has 3 aromatic rings. The molecule has 1 N–H and O–H groups in total. The SMILES string of the molecule is Cc1cccc(OC2[CH]CCC(Nc3cc(C)c4ccccc4n3)C2)c1. The summed E-state index contributed by atoms with van der Waals surface area (Å²) in [5.41, 5.74) is 3.53. The molecule has 0 amide bonds. The number of aryl methyl sites for hydroxylation is 2. The minimum Gasteiger partial charge on any atom is -0.490 e. The Morgan fingerprint density at radius 1 is 1.04 bits per heavy atom. The molecule has 1 radical (unpaired) electrons. The van der Waals surface area contributed by atoms with Gasteiger partial charge in [0.2, 0.25) is 0 Å². The van der Waals surface area contributed by atoms with Gasteiger partial charge in [-0.05, 0) is 62.1 Å². The zero-order chi connectivity index (χ0) is 17.9. The van der Waals surface area contributed by atoms with Crippen LogP contribution in [0.15, 0.2) is 54.6 Å². The zero-order valence-electron chi connectivity index (χ0n) is 15.4. The summed E-state index contributed by atoms with van der Waals surface area (Å²) in [4.78, 5) is 4.79. The van der Waals surface area contributed by atoms with E-state index in [1.165, 1.54) is 16.5 Å². The first-order valence-electron chi connectivity index (χ1n) is 9.37. The summed E-state index contributed by atoms with van der Waals surface area (Å²) in [6.45, 7) is 4.24. The summed E-state index contributed by atoms with van der Waals surface area (Å²) < 4.78 is 6.18. The van der Waals surface area contributed by atoms with Gasteiger partial charge in [-0.15, -0.1) is 0 Å². The summed E-state index contributed by atoms with van der Waals surface area (Å²) in [6.07, 6.45) is 5.56. The number of hydrogen-bond acceptors (Lipinski definition) is 3. The van der Waals surface area contributed by atoms with Crippen molar-refractivity contribution in [1.29, 1.82) is 0 Å². The highest BCUT2D eigenvalue weighted by atomic mass is 16.5. The lowest BCUT2D eigenvalue weighted by atomic mass is 9.92. The van der Waals surface area contributed by atoms with E-state index in [1.807, 2.05) is 18.2 Å². The summed E-state index contributed by atoms with van der Waals surface area (Å²) in [5.74, 6) is 1.91. The number of fused-ring (bicyclic) bond motifs is 1. The van der Waals surface area contributed by atoms with Crippen LogP contribution in [0.4, 0.5) is 5.82 Å². The fourth-order valence-electron chi connectivity index (χ4n) is 3.70. The van der Waals surface area contributed by atoms with Crippen LogP contribution in [0.5, 0.6) is 5.75 Å². The van der Waals surface area contributed by atoms with Gasteiger partial charge < -0.3 is 10.1 Å². The third-order valence-electron chi connectivity index (χ3n) is 5.01. The van der Waals surface area contributed by atoms with E-state index in [0.29, 0.717) is 6.04 Å². The Hall–Kier alpha value is -2.55. The molecule has 2 unspecified atom stereocenters. The molecule has 0 aliphatic heterocycles. The van der Waals surface area contributed by atoms with E-state index in [2.05, 4.69) is 62.0 Å². The van der Waals surface area contributed by atoms with E-state index in [4.69, 9.17) is 9.72 Å². The Kier molecular flexibility index (Phi) is 4.79. The van der Waals surface area contributed by atoms with Gasteiger partial charge >= 0.3 is 0 Å². The van der Waals surface area contributed by atoms with Gasteiger partial charge in [0.05, 0.1) is 5.52 Å². The first-order chi connectivity index (χ1) is 12.7. The number of benzene rings is 2. The van der Waals surface area contributed by atoms with Crippen LogP contribution in [0.3, 0.4) is 0 Å². The molecule has 0 bridgehead atoms. The average Bonchev–Trinajstić information content (AvgIpc) is 2.62. The zero-order valence-corrected chi connectivity index (χ0v) is 15.4. The normalized spacial score (nSPS) is 20.1. The Morgan fingerprint density at radius 2 is 1.92 bits per heavy atom. The highest BCUT2D eigenvalue weighted by Crippen LogP contribution is 2.27. The lowest BCUT2D eigenvalue weighted by Gasteiger charge is -2.30. The standard InChI is InChI=1S/C23H25N2O/c1-16-7-5-9-19(13-16)26-20-10-6-8-18(15-20)24-23-14-17(2)21-11-3-4-12-22(21)25-23/h3-5,7,9-14,18,20H,6,8,15H2,1-2H3,(H,24,25). The minimum atomic E-state index is 0.143. The molecule has 1 saturated carbocycles. The smallest absolute Gasteiger partial charge is 0.127 e. The van der Waals surface area contributed by atoms with Crippen molar-refractivity contribution in [2.75, 3.05) is 5.32 Å². The van der Waals surface area contributed by atoms with Crippen molar-refractivity contribution in [3.8, 4) is 5.75 Å². The van der Waals surface area contributed by atoms with E-state index >= 15 is 0 Å². The summed E-state index contributed by atoms with van der Waals surface area (Å²) in [6, 6.07) is 19.1. The van der Waals surface area contributed by atoms with Crippen molar-refractivity contribution in [3.63, 3.8) is 0 Å². The lowest BCUT2D eigenvalue weighted by molar-refractivity contribution is 0.192. The molecule has 4 rings (SSSR count). The molecule has 3 heteroatoms. The van der Waals surface area contributed by atoms with Crippen LogP contribution in [0, 0.1) is 20.3 Å². The number of pyridine rings is 1. The molecule has 1 aliphatic carbocycles. The van der Waals surface area contributed by atoms with Crippen LogP contribution >= 0.6 is 0 Å². The van der Waals surface area contributed by atoms with Crippen molar-refractivity contribution in [2.24, 2.45) is 0 Å². The summed E-state index contributed by atoms with van der Waals surface area (Å²) in [7, 11) is 0. The van der Waals surface area contributed by atoms with Crippen LogP contribution in [0.25, 0.3) is 10.9 Å². The maximum absolute atomic E-state index is 6.18. The first-order valence-corrected chi connectivity index (χ1v) is 9.37. The maximum Gasteiger partial charge on any atom is 0.127 e. The second-order valence-corrected chi connectivity index (χ2v) is 7.20. The van der Waals surface area contributed by atoms with Gasteiger partial charge in [0.1, 0.15) is 17.7 Å². The van der Waals surface area contributed by atoms with E-state index in [1.54, 1.807) is 0 Å². The van der Waals surface area contributed by atoms with Crippen LogP contribution in [-0.4, -0.2) is 17.1 Å². The Morgan fingerprint density at radius 3 is 2.81 bits per heavy atom. The Labute approximate surface area is 155 Å². The molecule has 133 valence electrons. The second kappa shape index (κ2) is 7.36. The van der Waals surface area contributed by atoms with Crippen molar-refractivity contribution >= 4 is 16.7 Å². The quantitative estimate of drug-likeness (QED) is 0.681. The van der Waals surface area contributed by atoms with Gasteiger partial charge in [-0.3, -0.25) is 0 Å². The van der Waals surface area contributed by atoms with Crippen LogP contribution < -0.4 is 10.1 Å². The average molecular weight is 345 g/mol. The molecule has 2 atom stereocenters. The maximum atomic E-state index is 6.18. The predicted octanol–water partition coefficient (Wildman–Crippen LogP) is 5.47. The second-order valence-electron chi connectivity index (χ2n) is 7.20. The Balaban J connectivity index is 1.45. The summed E-state index contributed by atoms with van der Waals surface area (Å²) in [5, 5.41) is 4.85. The van der Waals surface area contributed by atoms with Crippen molar-refractivity contribution in [1.82, 2.24) is 4.98 Å². The highest BCUT2D eigenvalue weighted by Gasteiger charge is 2.24. The first kappa shape index (κ1) is 16.9. The molecular weight excluding hydrogens is 320 g/mol. The van der Waals surface area contributed by atoms with Gasteiger partial charge in [0.15, 0.2) is 0 Å². The number of anilines is 1. The van der Waals surface area contributed by atoms with Crippen molar-refractivity contribution in [2.45, 2.75) is 45.3 Å². The van der Waals surface area contributed by atoms with Crippen molar-refractivity contribution < 1.29 is 4.74 Å². The number of hydrogen-bond donors (Lipinski definition) is 1.